The highest BCUT2D eigenvalue weighted by molar-refractivity contribution is 5.19. The van der Waals surface area contributed by atoms with E-state index in [0.29, 0.717) is 0 Å². The van der Waals surface area contributed by atoms with Gasteiger partial charge in [-0.3, -0.25) is 4.90 Å². The Kier molecular flexibility index (Phi) is 3.57. The van der Waals surface area contributed by atoms with E-state index < -0.39 is 11.0 Å². The molecule has 1 N–H and O–H groups in total. The van der Waals surface area contributed by atoms with Crippen molar-refractivity contribution in [1.29, 1.82) is 5.26 Å². The highest BCUT2D eigenvalue weighted by Gasteiger charge is 2.59. The van der Waals surface area contributed by atoms with E-state index >= 15 is 0 Å². The Morgan fingerprint density at radius 2 is 1.68 bits per heavy atom. The van der Waals surface area contributed by atoms with Crippen LogP contribution in [0.4, 0.5) is 0 Å². The van der Waals surface area contributed by atoms with Crippen LogP contribution in [0.3, 0.4) is 0 Å². The van der Waals surface area contributed by atoms with Crippen molar-refractivity contribution in [3.8, 4) is 6.07 Å². The van der Waals surface area contributed by atoms with Gasteiger partial charge in [-0.15, -0.1) is 0 Å². The lowest BCUT2D eigenvalue weighted by atomic mass is 9.63. The first-order valence-corrected chi connectivity index (χ1v) is 8.10. The van der Waals surface area contributed by atoms with Crippen LogP contribution < -0.4 is 0 Å². The molecule has 0 spiro atoms. The monoisotopic (exact) mass is 262 g/mol. The largest absolute Gasteiger partial charge is 0.387 e. The van der Waals surface area contributed by atoms with Crippen LogP contribution in [0.2, 0.25) is 0 Å². The van der Waals surface area contributed by atoms with Gasteiger partial charge in [-0.1, -0.05) is 32.1 Å². The number of nitriles is 1. The van der Waals surface area contributed by atoms with Crippen molar-refractivity contribution in [2.45, 2.75) is 75.9 Å². The molecule has 0 amide bonds. The summed E-state index contributed by atoms with van der Waals surface area (Å²) in [7, 11) is 0. The zero-order valence-electron chi connectivity index (χ0n) is 11.9. The fraction of sp³-hybridized carbons (Fsp3) is 0.938. The minimum atomic E-state index is -0.744. The van der Waals surface area contributed by atoms with Crippen LogP contribution in [0, 0.1) is 16.7 Å². The minimum absolute atomic E-state index is 0.249. The van der Waals surface area contributed by atoms with Crippen LogP contribution in [-0.4, -0.2) is 34.7 Å². The third-order valence-electron chi connectivity index (χ3n) is 5.94. The fourth-order valence-electron chi connectivity index (χ4n) is 4.81. The maximum absolute atomic E-state index is 11.4. The molecule has 2 aliphatic heterocycles. The van der Waals surface area contributed by atoms with Crippen LogP contribution in [-0.2, 0) is 0 Å². The Hall–Kier alpha value is -0.590. The predicted molar refractivity (Wildman–Crippen MR) is 74.5 cm³/mol. The van der Waals surface area contributed by atoms with Crippen LogP contribution >= 0.6 is 0 Å². The molecular weight excluding hydrogens is 236 g/mol. The number of fused-ring (bicyclic) bond motifs is 1. The molecular formula is C16H26N2O. The summed E-state index contributed by atoms with van der Waals surface area (Å²) in [4.78, 5) is 2.45. The van der Waals surface area contributed by atoms with E-state index in [0.717, 1.165) is 51.6 Å². The van der Waals surface area contributed by atoms with Crippen LogP contribution in [0.25, 0.3) is 0 Å². The number of rotatable bonds is 1. The molecule has 0 radical (unpaired) electrons. The van der Waals surface area contributed by atoms with E-state index in [9.17, 15) is 10.4 Å². The summed E-state index contributed by atoms with van der Waals surface area (Å²) < 4.78 is 0. The molecule has 3 rings (SSSR count). The average Bonchev–Trinajstić information content (AvgIpc) is 2.66. The quantitative estimate of drug-likeness (QED) is 0.739. The average molecular weight is 262 g/mol. The van der Waals surface area contributed by atoms with Gasteiger partial charge in [-0.2, -0.15) is 5.26 Å². The third-order valence-corrected chi connectivity index (χ3v) is 5.94. The van der Waals surface area contributed by atoms with Gasteiger partial charge in [0.05, 0.1) is 17.1 Å². The Bertz CT molecular complexity index is 367. The SMILES string of the molecule is N#CC1(C2(O)CCN3CCCCC32)CCCCCC1. The second-order valence-corrected chi connectivity index (χ2v) is 6.83. The maximum atomic E-state index is 11.4. The van der Waals surface area contributed by atoms with E-state index in [-0.39, 0.29) is 6.04 Å². The molecule has 0 aromatic heterocycles. The molecule has 3 aliphatic rings. The van der Waals surface area contributed by atoms with Gasteiger partial charge in [0, 0.05) is 12.6 Å². The molecule has 2 atom stereocenters. The lowest BCUT2D eigenvalue weighted by Crippen LogP contribution is -2.57. The van der Waals surface area contributed by atoms with Crippen molar-refractivity contribution in [3.05, 3.63) is 0 Å². The van der Waals surface area contributed by atoms with Crippen LogP contribution in [0.1, 0.15) is 64.2 Å². The Labute approximate surface area is 116 Å². The predicted octanol–water partition coefficient (Wildman–Crippen LogP) is 2.84. The van der Waals surface area contributed by atoms with Crippen molar-refractivity contribution in [1.82, 2.24) is 4.90 Å². The molecule has 1 aliphatic carbocycles. The topological polar surface area (TPSA) is 47.3 Å². The molecule has 0 bridgehead atoms. The van der Waals surface area contributed by atoms with Crippen molar-refractivity contribution in [3.63, 3.8) is 0 Å². The van der Waals surface area contributed by atoms with Gasteiger partial charge >= 0.3 is 0 Å². The standard InChI is InChI=1S/C16H26N2O/c17-13-15(8-4-1-2-5-9-15)16(19)10-12-18-11-6-3-7-14(16)18/h14,19H,1-12H2. The first-order chi connectivity index (χ1) is 9.22. The van der Waals surface area contributed by atoms with E-state index in [1.807, 2.05) is 0 Å². The van der Waals surface area contributed by atoms with Crippen LogP contribution in [0.5, 0.6) is 0 Å². The van der Waals surface area contributed by atoms with E-state index in [1.165, 1.54) is 25.7 Å². The number of nitrogens with zero attached hydrogens (tertiary/aromatic N) is 2. The number of aliphatic hydroxyl groups is 1. The lowest BCUT2D eigenvalue weighted by molar-refractivity contribution is -0.0934. The molecule has 2 heterocycles. The van der Waals surface area contributed by atoms with Gasteiger partial charge in [0.25, 0.3) is 0 Å². The first-order valence-electron chi connectivity index (χ1n) is 8.10. The van der Waals surface area contributed by atoms with Gasteiger partial charge in [-0.05, 0) is 38.6 Å². The molecule has 1 saturated carbocycles. The normalized spacial score (nSPS) is 39.3. The van der Waals surface area contributed by atoms with Crippen molar-refractivity contribution in [2.24, 2.45) is 5.41 Å². The summed E-state index contributed by atoms with van der Waals surface area (Å²) in [6, 6.07) is 2.85. The number of piperidine rings is 1. The van der Waals surface area contributed by atoms with Gasteiger partial charge in [0.15, 0.2) is 0 Å². The maximum Gasteiger partial charge on any atom is 0.0999 e. The number of hydrogen-bond acceptors (Lipinski definition) is 3. The van der Waals surface area contributed by atoms with E-state index in [4.69, 9.17) is 0 Å². The molecule has 19 heavy (non-hydrogen) atoms. The second-order valence-electron chi connectivity index (χ2n) is 6.83. The molecule has 3 heteroatoms. The second kappa shape index (κ2) is 5.07. The summed E-state index contributed by atoms with van der Waals surface area (Å²) in [6.07, 6.45) is 10.9. The highest BCUT2D eigenvalue weighted by Crippen LogP contribution is 2.52. The summed E-state index contributed by atoms with van der Waals surface area (Å²) in [6.45, 7) is 2.11. The zero-order chi connectivity index (χ0) is 13.3. The van der Waals surface area contributed by atoms with Gasteiger partial charge in [0.2, 0.25) is 0 Å². The van der Waals surface area contributed by atoms with E-state index in [2.05, 4.69) is 11.0 Å². The third kappa shape index (κ3) is 2.00. The fourth-order valence-corrected chi connectivity index (χ4v) is 4.81. The van der Waals surface area contributed by atoms with Crippen molar-refractivity contribution < 1.29 is 5.11 Å². The Balaban J connectivity index is 1.91. The molecule has 106 valence electrons. The Morgan fingerprint density at radius 3 is 2.37 bits per heavy atom. The van der Waals surface area contributed by atoms with Gasteiger partial charge in [0.1, 0.15) is 0 Å². The van der Waals surface area contributed by atoms with Crippen molar-refractivity contribution in [2.75, 3.05) is 13.1 Å². The van der Waals surface area contributed by atoms with Gasteiger partial charge < -0.3 is 5.11 Å². The number of hydrogen-bond donors (Lipinski definition) is 1. The molecule has 3 nitrogen and oxygen atoms in total. The first kappa shape index (κ1) is 13.4. The van der Waals surface area contributed by atoms with Gasteiger partial charge in [-0.25, -0.2) is 0 Å². The minimum Gasteiger partial charge on any atom is -0.387 e. The lowest BCUT2D eigenvalue weighted by Gasteiger charge is -2.46. The summed E-state index contributed by atoms with van der Waals surface area (Å²) >= 11 is 0. The van der Waals surface area contributed by atoms with Crippen molar-refractivity contribution >= 4 is 0 Å². The molecule has 2 unspecified atom stereocenters. The summed E-state index contributed by atoms with van der Waals surface area (Å²) in [5.41, 5.74) is -1.22. The zero-order valence-corrected chi connectivity index (χ0v) is 11.9. The van der Waals surface area contributed by atoms with Crippen LogP contribution in [0.15, 0.2) is 0 Å². The molecule has 0 aromatic rings. The summed E-state index contributed by atoms with van der Waals surface area (Å²) in [5.74, 6) is 0. The smallest absolute Gasteiger partial charge is 0.0999 e. The molecule has 0 aromatic carbocycles. The summed E-state index contributed by atoms with van der Waals surface area (Å²) in [5, 5.41) is 21.3. The molecule has 2 saturated heterocycles. The molecule has 3 fully saturated rings. The Morgan fingerprint density at radius 1 is 0.947 bits per heavy atom. The highest BCUT2D eigenvalue weighted by atomic mass is 16.3. The van der Waals surface area contributed by atoms with E-state index in [1.54, 1.807) is 0 Å².